The molecule has 0 radical (unpaired) electrons. The Kier molecular flexibility index (Phi) is 4.49. The molecule has 10 heteroatoms. The van der Waals surface area contributed by atoms with Crippen LogP contribution in [0.3, 0.4) is 0 Å². The molecule has 0 bridgehead atoms. The maximum absolute atomic E-state index is 13.0. The van der Waals surface area contributed by atoms with Crippen molar-refractivity contribution in [1.82, 2.24) is 19.4 Å². The van der Waals surface area contributed by atoms with Crippen molar-refractivity contribution in [2.75, 3.05) is 38.1 Å². The number of hydrogen-bond acceptors (Lipinski definition) is 7. The highest BCUT2D eigenvalue weighted by molar-refractivity contribution is 7.89. The molecule has 1 amide bonds. The fourth-order valence-corrected chi connectivity index (χ4v) is 4.95. The summed E-state index contributed by atoms with van der Waals surface area (Å²) in [5, 5.41) is 7.79. The third-order valence-electron chi connectivity index (χ3n) is 5.02. The van der Waals surface area contributed by atoms with Crippen LogP contribution in [0.4, 0.5) is 5.69 Å². The maximum Gasteiger partial charge on any atom is 0.243 e. The second-order valence-corrected chi connectivity index (χ2v) is 8.75. The summed E-state index contributed by atoms with van der Waals surface area (Å²) in [6, 6.07) is 4.91. The van der Waals surface area contributed by atoms with E-state index in [1.165, 1.54) is 4.31 Å². The van der Waals surface area contributed by atoms with E-state index in [2.05, 4.69) is 15.1 Å². The van der Waals surface area contributed by atoms with Gasteiger partial charge in [-0.15, -0.1) is 10.2 Å². The molecule has 0 aliphatic carbocycles. The predicted molar refractivity (Wildman–Crippen MR) is 96.6 cm³/mol. The zero-order chi connectivity index (χ0) is 19.2. The fraction of sp³-hybridized carbons (Fsp3) is 0.471. The number of amides is 1. The van der Waals surface area contributed by atoms with Gasteiger partial charge < -0.3 is 9.32 Å². The molecule has 0 N–H and O–H groups in total. The molecule has 0 spiro atoms. The lowest BCUT2D eigenvalue weighted by atomic mass is 10.2. The number of fused-ring (bicyclic) bond motifs is 1. The molecule has 1 saturated heterocycles. The number of rotatable bonds is 4. The average Bonchev–Trinajstić information content (AvgIpc) is 3.18. The molecule has 1 aromatic heterocycles. The first-order valence-corrected chi connectivity index (χ1v) is 10.2. The van der Waals surface area contributed by atoms with Crippen LogP contribution < -0.4 is 4.90 Å². The topological polar surface area (TPSA) is 99.8 Å². The molecule has 4 rings (SSSR count). The first-order valence-electron chi connectivity index (χ1n) is 8.75. The van der Waals surface area contributed by atoms with E-state index in [4.69, 9.17) is 4.42 Å². The van der Waals surface area contributed by atoms with Gasteiger partial charge in [0.2, 0.25) is 27.7 Å². The molecule has 0 unspecified atom stereocenters. The molecular formula is C17H21N5O4S. The van der Waals surface area contributed by atoms with Crippen LogP contribution in [0.5, 0.6) is 0 Å². The largest absolute Gasteiger partial charge is 0.424 e. The molecule has 0 atom stereocenters. The number of aromatic nitrogens is 2. The normalized spacial score (nSPS) is 18.9. The van der Waals surface area contributed by atoms with Crippen molar-refractivity contribution in [1.29, 1.82) is 0 Å². The number of likely N-dealkylation sites (N-methyl/N-ethyl adjacent to an activating group) is 1. The van der Waals surface area contributed by atoms with Gasteiger partial charge in [0, 0.05) is 45.8 Å². The van der Waals surface area contributed by atoms with Gasteiger partial charge in [0.05, 0.1) is 17.9 Å². The Bertz CT molecular complexity index is 979. The summed E-state index contributed by atoms with van der Waals surface area (Å²) in [6.07, 6.45) is 0.243. The molecule has 1 fully saturated rings. The molecule has 0 saturated carbocycles. The van der Waals surface area contributed by atoms with Gasteiger partial charge in [0.15, 0.2) is 0 Å². The van der Waals surface area contributed by atoms with E-state index in [9.17, 15) is 13.2 Å². The smallest absolute Gasteiger partial charge is 0.243 e. The van der Waals surface area contributed by atoms with Crippen LogP contribution in [0.2, 0.25) is 0 Å². The van der Waals surface area contributed by atoms with Crippen LogP contribution in [-0.4, -0.2) is 67.0 Å². The van der Waals surface area contributed by atoms with E-state index in [1.54, 1.807) is 37.1 Å². The second-order valence-electron chi connectivity index (χ2n) is 6.82. The lowest BCUT2D eigenvalue weighted by Crippen LogP contribution is -2.48. The van der Waals surface area contributed by atoms with Crippen LogP contribution in [0.15, 0.2) is 27.5 Å². The van der Waals surface area contributed by atoms with Gasteiger partial charge in [-0.3, -0.25) is 9.69 Å². The van der Waals surface area contributed by atoms with Crippen LogP contribution in [0, 0.1) is 6.92 Å². The number of hydrogen-bond donors (Lipinski definition) is 0. The van der Waals surface area contributed by atoms with Crippen molar-refractivity contribution >= 4 is 21.6 Å². The Hall–Kier alpha value is -2.30. The lowest BCUT2D eigenvalue weighted by molar-refractivity contribution is -0.117. The van der Waals surface area contributed by atoms with Gasteiger partial charge in [0.1, 0.15) is 0 Å². The zero-order valence-corrected chi connectivity index (χ0v) is 16.1. The van der Waals surface area contributed by atoms with Crippen molar-refractivity contribution < 1.29 is 17.6 Å². The van der Waals surface area contributed by atoms with E-state index in [0.29, 0.717) is 44.5 Å². The van der Waals surface area contributed by atoms with Crippen LogP contribution in [0.25, 0.3) is 0 Å². The minimum Gasteiger partial charge on any atom is -0.424 e. The van der Waals surface area contributed by atoms with Gasteiger partial charge in [-0.1, -0.05) is 0 Å². The maximum atomic E-state index is 13.0. The quantitative estimate of drug-likeness (QED) is 0.744. The third kappa shape index (κ3) is 3.35. The van der Waals surface area contributed by atoms with E-state index in [1.807, 2.05) is 0 Å². The molecule has 9 nitrogen and oxygen atoms in total. The first kappa shape index (κ1) is 18.1. The summed E-state index contributed by atoms with van der Waals surface area (Å²) in [5.41, 5.74) is 1.53. The molecule has 27 heavy (non-hydrogen) atoms. The van der Waals surface area contributed by atoms with Crippen LogP contribution in [-0.2, 0) is 27.8 Å². The Morgan fingerprint density at radius 2 is 1.89 bits per heavy atom. The SMILES string of the molecule is Cc1nnc(CN2CCN(S(=O)(=O)c3ccc4c(c3)CC(=O)N4C)CC2)o1. The molecule has 2 aliphatic heterocycles. The summed E-state index contributed by atoms with van der Waals surface area (Å²) in [7, 11) is -1.88. The van der Waals surface area contributed by atoms with Gasteiger partial charge in [-0.25, -0.2) is 8.42 Å². The minimum absolute atomic E-state index is 0.0237. The van der Waals surface area contributed by atoms with Crippen molar-refractivity contribution in [2.45, 2.75) is 24.8 Å². The highest BCUT2D eigenvalue weighted by Gasteiger charge is 2.31. The third-order valence-corrected chi connectivity index (χ3v) is 6.92. The number of carbonyl (C=O) groups is 1. The Balaban J connectivity index is 1.45. The van der Waals surface area contributed by atoms with E-state index in [0.717, 1.165) is 11.3 Å². The number of benzene rings is 1. The van der Waals surface area contributed by atoms with Gasteiger partial charge in [-0.05, 0) is 23.8 Å². The molecule has 2 aliphatic rings. The van der Waals surface area contributed by atoms with Gasteiger partial charge in [-0.2, -0.15) is 4.31 Å². The lowest BCUT2D eigenvalue weighted by Gasteiger charge is -2.33. The highest BCUT2D eigenvalue weighted by atomic mass is 32.2. The fourth-order valence-electron chi connectivity index (χ4n) is 3.48. The summed E-state index contributed by atoms with van der Waals surface area (Å²) in [5.74, 6) is 1.03. The van der Waals surface area contributed by atoms with Gasteiger partial charge in [0.25, 0.3) is 0 Å². The Morgan fingerprint density at radius 1 is 1.15 bits per heavy atom. The van der Waals surface area contributed by atoms with E-state index in [-0.39, 0.29) is 17.2 Å². The Labute approximate surface area is 157 Å². The van der Waals surface area contributed by atoms with E-state index < -0.39 is 10.0 Å². The summed E-state index contributed by atoms with van der Waals surface area (Å²) in [6.45, 7) is 4.22. The molecular weight excluding hydrogens is 370 g/mol. The van der Waals surface area contributed by atoms with Crippen LogP contribution in [0.1, 0.15) is 17.3 Å². The van der Waals surface area contributed by atoms with Crippen molar-refractivity contribution in [2.24, 2.45) is 0 Å². The van der Waals surface area contributed by atoms with Crippen molar-refractivity contribution in [3.63, 3.8) is 0 Å². The zero-order valence-electron chi connectivity index (χ0n) is 15.3. The molecule has 2 aromatic rings. The molecule has 3 heterocycles. The number of anilines is 1. The number of aryl methyl sites for hydroxylation is 1. The average molecular weight is 391 g/mol. The number of sulfonamides is 1. The first-order chi connectivity index (χ1) is 12.8. The number of carbonyl (C=O) groups excluding carboxylic acids is 1. The number of piperazine rings is 1. The minimum atomic E-state index is -3.59. The second kappa shape index (κ2) is 6.70. The van der Waals surface area contributed by atoms with Crippen LogP contribution >= 0.6 is 0 Å². The number of nitrogens with zero attached hydrogens (tertiary/aromatic N) is 5. The summed E-state index contributed by atoms with van der Waals surface area (Å²) >= 11 is 0. The standard InChI is InChI=1S/C17H21N5O4S/c1-12-18-19-16(26-12)11-21-5-7-22(8-6-21)27(24,25)14-3-4-15-13(9-14)10-17(23)20(15)2/h3-4,9H,5-8,10-11H2,1-2H3. The highest BCUT2D eigenvalue weighted by Crippen LogP contribution is 2.31. The van der Waals surface area contributed by atoms with Crippen molar-refractivity contribution in [3.8, 4) is 0 Å². The predicted octanol–water partition coefficient (Wildman–Crippen LogP) is 0.403. The van der Waals surface area contributed by atoms with Gasteiger partial charge >= 0.3 is 0 Å². The van der Waals surface area contributed by atoms with Crippen molar-refractivity contribution in [3.05, 3.63) is 35.5 Å². The molecule has 1 aromatic carbocycles. The van der Waals surface area contributed by atoms with E-state index >= 15 is 0 Å². The monoisotopic (exact) mass is 391 g/mol. The Morgan fingerprint density at radius 3 is 2.56 bits per heavy atom. The molecule has 144 valence electrons. The summed E-state index contributed by atoms with van der Waals surface area (Å²) in [4.78, 5) is 15.7. The summed E-state index contributed by atoms with van der Waals surface area (Å²) < 4.78 is 32.8.